The van der Waals surface area contributed by atoms with E-state index >= 15 is 0 Å². The molecule has 2 heterocycles. The van der Waals surface area contributed by atoms with Crippen LogP contribution in [0.5, 0.6) is 0 Å². The van der Waals surface area contributed by atoms with Gasteiger partial charge in [0.15, 0.2) is 0 Å². The lowest BCUT2D eigenvalue weighted by Crippen LogP contribution is -2.49. The zero-order valence-corrected chi connectivity index (χ0v) is 12.2. The number of H-pyrrole nitrogens is 1. The molecule has 2 aliphatic rings. The molecule has 0 unspecified atom stereocenters. The topological polar surface area (TPSA) is 49.0 Å². The third kappa shape index (κ3) is 2.23. The summed E-state index contributed by atoms with van der Waals surface area (Å²) in [6.45, 7) is 0.918. The van der Waals surface area contributed by atoms with Crippen LogP contribution in [0.4, 0.5) is 0 Å². The van der Waals surface area contributed by atoms with Crippen molar-refractivity contribution >= 4 is 16.8 Å². The second-order valence-electron chi connectivity index (χ2n) is 6.42. The summed E-state index contributed by atoms with van der Waals surface area (Å²) in [4.78, 5) is 15.1. The SMILES string of the molecule is O=C(c1ccc2cn[nH]c2c1)N1CCC[C@H]2CCCC[C@H]21. The molecular weight excluding hydrogens is 262 g/mol. The van der Waals surface area contributed by atoms with Crippen LogP contribution in [0.2, 0.25) is 0 Å². The molecule has 0 radical (unpaired) electrons. The van der Waals surface area contributed by atoms with Crippen LogP contribution < -0.4 is 0 Å². The van der Waals surface area contributed by atoms with Crippen molar-refractivity contribution in [2.24, 2.45) is 5.92 Å². The van der Waals surface area contributed by atoms with E-state index in [2.05, 4.69) is 15.1 Å². The number of fused-ring (bicyclic) bond motifs is 2. The summed E-state index contributed by atoms with van der Waals surface area (Å²) >= 11 is 0. The maximum absolute atomic E-state index is 12.9. The fraction of sp³-hybridized carbons (Fsp3) is 0.529. The molecule has 1 aromatic carbocycles. The Labute approximate surface area is 124 Å². The number of carbonyl (C=O) groups is 1. The number of nitrogens with one attached hydrogen (secondary N) is 1. The van der Waals surface area contributed by atoms with Crippen molar-refractivity contribution in [1.82, 2.24) is 15.1 Å². The summed E-state index contributed by atoms with van der Waals surface area (Å²) in [5, 5.41) is 8.04. The van der Waals surface area contributed by atoms with E-state index in [1.165, 1.54) is 32.1 Å². The fourth-order valence-corrected chi connectivity index (χ4v) is 4.11. The van der Waals surface area contributed by atoms with Crippen molar-refractivity contribution in [2.45, 2.75) is 44.6 Å². The average molecular weight is 283 g/mol. The molecule has 21 heavy (non-hydrogen) atoms. The molecule has 1 aromatic heterocycles. The number of hydrogen-bond donors (Lipinski definition) is 1. The van der Waals surface area contributed by atoms with Crippen molar-refractivity contribution in [2.75, 3.05) is 6.54 Å². The zero-order valence-electron chi connectivity index (χ0n) is 12.2. The Morgan fingerprint density at radius 2 is 2.05 bits per heavy atom. The Morgan fingerprint density at radius 1 is 1.19 bits per heavy atom. The van der Waals surface area contributed by atoms with Crippen LogP contribution in [-0.4, -0.2) is 33.6 Å². The zero-order chi connectivity index (χ0) is 14.2. The maximum atomic E-state index is 12.9. The summed E-state index contributed by atoms with van der Waals surface area (Å²) in [5.74, 6) is 0.926. The fourth-order valence-electron chi connectivity index (χ4n) is 4.11. The lowest BCUT2D eigenvalue weighted by atomic mass is 9.78. The van der Waals surface area contributed by atoms with Gasteiger partial charge < -0.3 is 4.90 Å². The largest absolute Gasteiger partial charge is 0.335 e. The Bertz CT molecular complexity index is 661. The van der Waals surface area contributed by atoms with Crippen LogP contribution in [0.3, 0.4) is 0 Å². The van der Waals surface area contributed by atoms with E-state index < -0.39 is 0 Å². The molecule has 1 N–H and O–H groups in total. The van der Waals surface area contributed by atoms with Gasteiger partial charge in [0.1, 0.15) is 0 Å². The highest BCUT2D eigenvalue weighted by atomic mass is 16.2. The molecule has 110 valence electrons. The van der Waals surface area contributed by atoms with Crippen LogP contribution >= 0.6 is 0 Å². The Balaban J connectivity index is 1.63. The third-order valence-electron chi connectivity index (χ3n) is 5.19. The van der Waals surface area contributed by atoms with Crippen molar-refractivity contribution < 1.29 is 4.79 Å². The highest BCUT2D eigenvalue weighted by Crippen LogP contribution is 2.36. The van der Waals surface area contributed by atoms with Crippen molar-refractivity contribution in [1.29, 1.82) is 0 Å². The number of benzene rings is 1. The molecule has 1 amide bonds. The Morgan fingerprint density at radius 3 is 3.00 bits per heavy atom. The van der Waals surface area contributed by atoms with Gasteiger partial charge in [0.2, 0.25) is 0 Å². The van der Waals surface area contributed by atoms with E-state index in [9.17, 15) is 4.79 Å². The van der Waals surface area contributed by atoms with Gasteiger partial charge in [0.05, 0.1) is 11.7 Å². The monoisotopic (exact) mass is 283 g/mol. The minimum absolute atomic E-state index is 0.197. The van der Waals surface area contributed by atoms with E-state index in [0.717, 1.165) is 35.3 Å². The standard InChI is InChI=1S/C17H21N3O/c21-17(13-7-8-14-11-18-19-15(14)10-13)20-9-3-5-12-4-1-2-6-16(12)20/h7-8,10-12,16H,1-6,9H2,(H,18,19)/t12-,16-/m1/s1. The second kappa shape index (κ2) is 5.17. The lowest BCUT2D eigenvalue weighted by molar-refractivity contribution is 0.0391. The highest BCUT2D eigenvalue weighted by Gasteiger charge is 2.35. The molecule has 1 aliphatic carbocycles. The molecule has 2 fully saturated rings. The molecule has 2 aromatic rings. The molecule has 4 rings (SSSR count). The number of amides is 1. The van der Waals surface area contributed by atoms with Crippen LogP contribution in [-0.2, 0) is 0 Å². The second-order valence-corrected chi connectivity index (χ2v) is 6.42. The van der Waals surface area contributed by atoms with E-state index in [1.807, 2.05) is 18.2 Å². The molecular formula is C17H21N3O. The number of carbonyl (C=O) groups excluding carboxylic acids is 1. The number of nitrogens with zero attached hydrogens (tertiary/aromatic N) is 2. The third-order valence-corrected chi connectivity index (χ3v) is 5.19. The van der Waals surface area contributed by atoms with E-state index in [4.69, 9.17) is 0 Å². The Hall–Kier alpha value is -1.84. The number of rotatable bonds is 1. The number of aromatic nitrogens is 2. The quantitative estimate of drug-likeness (QED) is 0.872. The number of likely N-dealkylation sites (tertiary alicyclic amines) is 1. The molecule has 0 spiro atoms. The van der Waals surface area contributed by atoms with Crippen molar-refractivity contribution in [3.8, 4) is 0 Å². The minimum Gasteiger partial charge on any atom is -0.335 e. The van der Waals surface area contributed by atoms with E-state index in [1.54, 1.807) is 6.20 Å². The van der Waals surface area contributed by atoms with Gasteiger partial charge in [-0.2, -0.15) is 5.10 Å². The predicted octanol–water partition coefficient (Wildman–Crippen LogP) is 3.36. The summed E-state index contributed by atoms with van der Waals surface area (Å²) in [5.41, 5.74) is 1.73. The first kappa shape index (κ1) is 12.9. The normalized spacial score (nSPS) is 25.8. The van der Waals surface area contributed by atoms with Crippen molar-refractivity contribution in [3.63, 3.8) is 0 Å². The molecule has 1 saturated heterocycles. The first-order valence-corrected chi connectivity index (χ1v) is 8.07. The minimum atomic E-state index is 0.197. The maximum Gasteiger partial charge on any atom is 0.254 e. The summed E-state index contributed by atoms with van der Waals surface area (Å²) in [6.07, 6.45) is 9.33. The first-order chi connectivity index (χ1) is 10.3. The molecule has 2 atom stereocenters. The number of aromatic amines is 1. The summed E-state index contributed by atoms with van der Waals surface area (Å²) in [7, 11) is 0. The van der Waals surface area contributed by atoms with Gasteiger partial charge in [-0.3, -0.25) is 9.89 Å². The molecule has 4 nitrogen and oxygen atoms in total. The summed E-state index contributed by atoms with van der Waals surface area (Å²) < 4.78 is 0. The summed E-state index contributed by atoms with van der Waals surface area (Å²) in [6, 6.07) is 6.33. The van der Waals surface area contributed by atoms with Gasteiger partial charge in [-0.05, 0) is 43.7 Å². The molecule has 4 heteroatoms. The van der Waals surface area contributed by atoms with Crippen LogP contribution in [0.25, 0.3) is 10.9 Å². The smallest absolute Gasteiger partial charge is 0.254 e. The van der Waals surface area contributed by atoms with Gasteiger partial charge in [-0.25, -0.2) is 0 Å². The van der Waals surface area contributed by atoms with E-state index in [0.29, 0.717) is 6.04 Å². The molecule has 1 aliphatic heterocycles. The van der Waals surface area contributed by atoms with Gasteiger partial charge in [0, 0.05) is 23.5 Å². The van der Waals surface area contributed by atoms with Crippen LogP contribution in [0, 0.1) is 5.92 Å². The van der Waals surface area contributed by atoms with E-state index in [-0.39, 0.29) is 5.91 Å². The van der Waals surface area contributed by atoms with Gasteiger partial charge >= 0.3 is 0 Å². The molecule has 1 saturated carbocycles. The predicted molar refractivity (Wildman–Crippen MR) is 82.1 cm³/mol. The van der Waals surface area contributed by atoms with Crippen molar-refractivity contribution in [3.05, 3.63) is 30.0 Å². The van der Waals surface area contributed by atoms with Gasteiger partial charge in [-0.15, -0.1) is 0 Å². The highest BCUT2D eigenvalue weighted by molar-refractivity contribution is 5.98. The van der Waals surface area contributed by atoms with Gasteiger partial charge in [-0.1, -0.05) is 18.9 Å². The first-order valence-electron chi connectivity index (χ1n) is 8.07. The Kier molecular flexibility index (Phi) is 3.17. The van der Waals surface area contributed by atoms with Crippen LogP contribution in [0.15, 0.2) is 24.4 Å². The van der Waals surface area contributed by atoms with Gasteiger partial charge in [0.25, 0.3) is 5.91 Å². The van der Waals surface area contributed by atoms with Crippen LogP contribution in [0.1, 0.15) is 48.9 Å². The lowest BCUT2D eigenvalue weighted by Gasteiger charge is -2.44. The average Bonchev–Trinajstić information content (AvgIpc) is 3.01. The molecule has 0 bridgehead atoms. The number of piperidine rings is 1. The number of hydrogen-bond acceptors (Lipinski definition) is 2.